The second-order valence-corrected chi connectivity index (χ2v) is 5.37. The van der Waals surface area contributed by atoms with Crippen molar-refractivity contribution >= 4 is 11.8 Å². The number of carbonyl (C=O) groups is 1. The molecule has 5 heteroatoms. The van der Waals surface area contributed by atoms with Gasteiger partial charge in [0.05, 0.1) is 0 Å². The number of likely N-dealkylation sites (tertiary alicyclic amines) is 1. The Hall–Kier alpha value is -1.62. The number of rotatable bonds is 6. The highest BCUT2D eigenvalue weighted by atomic mass is 16.4. The molecular formula is C15H23N3O2. The predicted octanol–water partition coefficient (Wildman–Crippen LogP) is 2.46. The van der Waals surface area contributed by atoms with Crippen molar-refractivity contribution < 1.29 is 9.90 Å². The molecule has 0 bridgehead atoms. The molecule has 1 unspecified atom stereocenters. The normalized spacial score (nSPS) is 17.6. The number of hydrogen-bond acceptors (Lipinski definition) is 4. The molecule has 0 aliphatic carbocycles. The SMILES string of the molecule is CC(CCNc1cccc(C(=O)O)n1)N1CCCCC1. The van der Waals surface area contributed by atoms with Gasteiger partial charge in [0.25, 0.3) is 0 Å². The molecule has 110 valence electrons. The van der Waals surface area contributed by atoms with Crippen LogP contribution in [-0.4, -0.2) is 46.6 Å². The number of carboxylic acid groups (broad SMARTS) is 1. The van der Waals surface area contributed by atoms with Crippen LogP contribution in [0.25, 0.3) is 0 Å². The fraction of sp³-hybridized carbons (Fsp3) is 0.600. The van der Waals surface area contributed by atoms with Crippen molar-refractivity contribution in [3.63, 3.8) is 0 Å². The van der Waals surface area contributed by atoms with E-state index in [1.165, 1.54) is 38.4 Å². The highest BCUT2D eigenvalue weighted by Crippen LogP contribution is 2.14. The lowest BCUT2D eigenvalue weighted by atomic mass is 10.1. The number of pyridine rings is 1. The number of piperidine rings is 1. The molecular weight excluding hydrogens is 254 g/mol. The van der Waals surface area contributed by atoms with Crippen LogP contribution >= 0.6 is 0 Å². The van der Waals surface area contributed by atoms with E-state index in [1.54, 1.807) is 12.1 Å². The zero-order valence-electron chi connectivity index (χ0n) is 12.0. The first-order valence-corrected chi connectivity index (χ1v) is 7.35. The number of hydrogen-bond donors (Lipinski definition) is 2. The van der Waals surface area contributed by atoms with E-state index in [4.69, 9.17) is 5.11 Å². The molecule has 0 saturated carbocycles. The number of carboxylic acids is 1. The molecule has 1 saturated heterocycles. The Bertz CT molecular complexity index is 444. The summed E-state index contributed by atoms with van der Waals surface area (Å²) in [4.78, 5) is 17.4. The number of aromatic nitrogens is 1. The number of nitrogens with one attached hydrogen (secondary N) is 1. The summed E-state index contributed by atoms with van der Waals surface area (Å²) >= 11 is 0. The van der Waals surface area contributed by atoms with Gasteiger partial charge in [-0.05, 0) is 51.4 Å². The lowest BCUT2D eigenvalue weighted by molar-refractivity contribution is 0.0690. The molecule has 2 heterocycles. The first-order chi connectivity index (χ1) is 9.66. The van der Waals surface area contributed by atoms with Crippen molar-refractivity contribution in [1.29, 1.82) is 0 Å². The molecule has 0 radical (unpaired) electrons. The quantitative estimate of drug-likeness (QED) is 0.836. The number of nitrogens with zero attached hydrogens (tertiary/aromatic N) is 2. The van der Waals surface area contributed by atoms with Crippen molar-refractivity contribution in [3.8, 4) is 0 Å². The Morgan fingerprint density at radius 1 is 1.40 bits per heavy atom. The zero-order chi connectivity index (χ0) is 14.4. The van der Waals surface area contributed by atoms with E-state index in [1.807, 2.05) is 0 Å². The smallest absolute Gasteiger partial charge is 0.354 e. The first kappa shape index (κ1) is 14.8. The van der Waals surface area contributed by atoms with Crippen molar-refractivity contribution in [1.82, 2.24) is 9.88 Å². The van der Waals surface area contributed by atoms with Crippen molar-refractivity contribution in [3.05, 3.63) is 23.9 Å². The highest BCUT2D eigenvalue weighted by Gasteiger charge is 2.16. The molecule has 0 spiro atoms. The average molecular weight is 277 g/mol. The van der Waals surface area contributed by atoms with Gasteiger partial charge < -0.3 is 15.3 Å². The van der Waals surface area contributed by atoms with Gasteiger partial charge in [0.15, 0.2) is 5.69 Å². The first-order valence-electron chi connectivity index (χ1n) is 7.35. The third-order valence-corrected chi connectivity index (χ3v) is 3.85. The monoisotopic (exact) mass is 277 g/mol. The second kappa shape index (κ2) is 7.24. The Labute approximate surface area is 120 Å². The Morgan fingerprint density at radius 2 is 2.15 bits per heavy atom. The summed E-state index contributed by atoms with van der Waals surface area (Å²) in [5.74, 6) is -0.355. The average Bonchev–Trinajstić information content (AvgIpc) is 2.48. The van der Waals surface area contributed by atoms with Crippen LogP contribution in [0.1, 0.15) is 43.1 Å². The number of anilines is 1. The fourth-order valence-electron chi connectivity index (χ4n) is 2.60. The van der Waals surface area contributed by atoms with Crippen LogP contribution in [0, 0.1) is 0 Å². The second-order valence-electron chi connectivity index (χ2n) is 5.37. The maximum absolute atomic E-state index is 10.8. The van der Waals surface area contributed by atoms with Crippen LogP contribution in [0.2, 0.25) is 0 Å². The molecule has 5 nitrogen and oxygen atoms in total. The summed E-state index contributed by atoms with van der Waals surface area (Å²) in [6.07, 6.45) is 5.01. The largest absolute Gasteiger partial charge is 0.477 e. The fourth-order valence-corrected chi connectivity index (χ4v) is 2.60. The third kappa shape index (κ3) is 4.20. The molecule has 20 heavy (non-hydrogen) atoms. The van der Waals surface area contributed by atoms with E-state index in [2.05, 4.69) is 22.1 Å². The van der Waals surface area contributed by atoms with Gasteiger partial charge in [-0.2, -0.15) is 0 Å². The van der Waals surface area contributed by atoms with Gasteiger partial charge in [0.1, 0.15) is 5.82 Å². The van der Waals surface area contributed by atoms with Gasteiger partial charge in [-0.25, -0.2) is 9.78 Å². The molecule has 0 aromatic carbocycles. The van der Waals surface area contributed by atoms with Gasteiger partial charge >= 0.3 is 5.97 Å². The van der Waals surface area contributed by atoms with E-state index in [0.717, 1.165) is 13.0 Å². The molecule has 1 aliphatic heterocycles. The molecule has 1 atom stereocenters. The molecule has 0 amide bonds. The summed E-state index contributed by atoms with van der Waals surface area (Å²) in [6, 6.07) is 5.58. The van der Waals surface area contributed by atoms with Crippen LogP contribution in [0.5, 0.6) is 0 Å². The molecule has 2 rings (SSSR count). The summed E-state index contributed by atoms with van der Waals surface area (Å²) in [5.41, 5.74) is 0.0825. The van der Waals surface area contributed by atoms with Gasteiger partial charge in [0, 0.05) is 12.6 Å². The van der Waals surface area contributed by atoms with Crippen LogP contribution < -0.4 is 5.32 Å². The van der Waals surface area contributed by atoms with Gasteiger partial charge in [0.2, 0.25) is 0 Å². The molecule has 1 aromatic rings. The predicted molar refractivity (Wildman–Crippen MR) is 79.2 cm³/mol. The van der Waals surface area contributed by atoms with Crippen LogP contribution in [-0.2, 0) is 0 Å². The van der Waals surface area contributed by atoms with E-state index in [9.17, 15) is 4.79 Å². The maximum atomic E-state index is 10.8. The van der Waals surface area contributed by atoms with Gasteiger partial charge in [-0.15, -0.1) is 0 Å². The van der Waals surface area contributed by atoms with Gasteiger partial charge in [-0.3, -0.25) is 0 Å². The van der Waals surface area contributed by atoms with E-state index >= 15 is 0 Å². The standard InChI is InChI=1S/C15H23N3O2/c1-12(18-10-3-2-4-11-18)8-9-16-14-7-5-6-13(17-14)15(19)20/h5-7,12H,2-4,8-11H2,1H3,(H,16,17)(H,19,20). The lowest BCUT2D eigenvalue weighted by Gasteiger charge is -2.32. The van der Waals surface area contributed by atoms with Gasteiger partial charge in [-0.1, -0.05) is 12.5 Å². The van der Waals surface area contributed by atoms with Crippen LogP contribution in [0.4, 0.5) is 5.82 Å². The Kier molecular flexibility index (Phi) is 5.35. The molecule has 1 aromatic heterocycles. The summed E-state index contributed by atoms with van der Waals surface area (Å²) in [7, 11) is 0. The van der Waals surface area contributed by atoms with E-state index in [-0.39, 0.29) is 5.69 Å². The molecule has 2 N–H and O–H groups in total. The Balaban J connectivity index is 1.77. The topological polar surface area (TPSA) is 65.5 Å². The summed E-state index contributed by atoms with van der Waals surface area (Å²) < 4.78 is 0. The Morgan fingerprint density at radius 3 is 2.85 bits per heavy atom. The summed E-state index contributed by atoms with van der Waals surface area (Å²) in [6.45, 7) is 5.48. The minimum atomic E-state index is -0.990. The minimum Gasteiger partial charge on any atom is -0.477 e. The summed E-state index contributed by atoms with van der Waals surface area (Å²) in [5, 5.41) is 12.1. The molecule has 1 fully saturated rings. The zero-order valence-corrected chi connectivity index (χ0v) is 12.0. The van der Waals surface area contributed by atoms with E-state index in [0.29, 0.717) is 11.9 Å². The van der Waals surface area contributed by atoms with Crippen molar-refractivity contribution in [2.24, 2.45) is 0 Å². The maximum Gasteiger partial charge on any atom is 0.354 e. The van der Waals surface area contributed by atoms with E-state index < -0.39 is 5.97 Å². The van der Waals surface area contributed by atoms with Crippen LogP contribution in [0.15, 0.2) is 18.2 Å². The lowest BCUT2D eigenvalue weighted by Crippen LogP contribution is -2.38. The van der Waals surface area contributed by atoms with Crippen molar-refractivity contribution in [2.75, 3.05) is 25.0 Å². The number of aromatic carboxylic acids is 1. The third-order valence-electron chi connectivity index (χ3n) is 3.85. The minimum absolute atomic E-state index is 0.0825. The molecule has 1 aliphatic rings. The highest BCUT2D eigenvalue weighted by molar-refractivity contribution is 5.85. The van der Waals surface area contributed by atoms with Crippen LogP contribution in [0.3, 0.4) is 0 Å². The van der Waals surface area contributed by atoms with Crippen molar-refractivity contribution in [2.45, 2.75) is 38.6 Å².